The van der Waals surface area contributed by atoms with Gasteiger partial charge < -0.3 is 18.9 Å². The number of nitrogens with zero attached hydrogens (tertiary/aromatic N) is 1. The van der Waals surface area contributed by atoms with E-state index in [1.807, 2.05) is 0 Å². The van der Waals surface area contributed by atoms with Crippen molar-refractivity contribution < 1.29 is 23.7 Å². The lowest BCUT2D eigenvalue weighted by Gasteiger charge is -2.20. The molecule has 0 unspecified atom stereocenters. The van der Waals surface area contributed by atoms with Crippen molar-refractivity contribution >= 4 is 11.8 Å². The summed E-state index contributed by atoms with van der Waals surface area (Å²) in [4.78, 5) is 16.1. The van der Waals surface area contributed by atoms with E-state index in [9.17, 15) is 4.79 Å². The molecule has 1 aliphatic carbocycles. The summed E-state index contributed by atoms with van der Waals surface area (Å²) in [6.45, 7) is 6.08. The molecule has 7 heteroatoms. The van der Waals surface area contributed by atoms with Gasteiger partial charge in [0.1, 0.15) is 5.60 Å². The smallest absolute Gasteiger partial charge is 0.412 e. The fourth-order valence-corrected chi connectivity index (χ4v) is 1.74. The molecular weight excluding hydrogens is 300 g/mol. The first-order valence-corrected chi connectivity index (χ1v) is 7.62. The number of carbonyl (C=O) groups is 1. The molecule has 0 spiro atoms. The van der Waals surface area contributed by atoms with E-state index in [1.54, 1.807) is 26.8 Å². The Morgan fingerprint density at radius 2 is 2.09 bits per heavy atom. The molecule has 128 valence electrons. The Labute approximate surface area is 136 Å². The standard InChI is InChI=1S/C16H24N2O5/c1-16(2,3)23-15(19)18-12-7-14(21-9-11-5-6-11)17-8-13(12)22-10-20-4/h7-8,11H,5-6,9-10H2,1-4H3,(H,17,18,19). The molecule has 1 aromatic rings. The van der Waals surface area contributed by atoms with E-state index in [0.717, 1.165) is 0 Å². The molecule has 0 aromatic carbocycles. The van der Waals surface area contributed by atoms with Gasteiger partial charge in [0.2, 0.25) is 5.88 Å². The van der Waals surface area contributed by atoms with E-state index in [-0.39, 0.29) is 6.79 Å². The van der Waals surface area contributed by atoms with Gasteiger partial charge >= 0.3 is 6.09 Å². The predicted octanol–water partition coefficient (Wildman–Crippen LogP) is 3.20. The number of nitrogens with one attached hydrogen (secondary N) is 1. The van der Waals surface area contributed by atoms with Crippen LogP contribution in [0.1, 0.15) is 33.6 Å². The largest absolute Gasteiger partial charge is 0.477 e. The second-order valence-corrected chi connectivity index (χ2v) is 6.45. The predicted molar refractivity (Wildman–Crippen MR) is 84.8 cm³/mol. The second-order valence-electron chi connectivity index (χ2n) is 6.45. The Kier molecular flexibility index (Phi) is 5.65. The van der Waals surface area contributed by atoms with Crippen LogP contribution in [0, 0.1) is 5.92 Å². The number of rotatable bonds is 7. The van der Waals surface area contributed by atoms with Crippen molar-refractivity contribution in [1.82, 2.24) is 4.98 Å². The lowest BCUT2D eigenvalue weighted by Crippen LogP contribution is -2.27. The Bertz CT molecular complexity index is 538. The zero-order valence-corrected chi connectivity index (χ0v) is 14.0. The molecule has 1 aromatic heterocycles. The Balaban J connectivity index is 2.06. The number of aromatic nitrogens is 1. The number of hydrogen-bond donors (Lipinski definition) is 1. The molecule has 2 rings (SSSR count). The van der Waals surface area contributed by atoms with Crippen LogP contribution in [0.3, 0.4) is 0 Å². The minimum Gasteiger partial charge on any atom is -0.477 e. The third-order valence-electron chi connectivity index (χ3n) is 2.97. The first-order chi connectivity index (χ1) is 10.9. The van der Waals surface area contributed by atoms with Gasteiger partial charge in [-0.15, -0.1) is 0 Å². The zero-order chi connectivity index (χ0) is 16.9. The minimum absolute atomic E-state index is 0.0486. The highest BCUT2D eigenvalue weighted by atomic mass is 16.7. The first-order valence-electron chi connectivity index (χ1n) is 7.62. The summed E-state index contributed by atoms with van der Waals surface area (Å²) < 4.78 is 21.2. The molecule has 0 atom stereocenters. The van der Waals surface area contributed by atoms with Gasteiger partial charge in [0.05, 0.1) is 18.5 Å². The lowest BCUT2D eigenvalue weighted by molar-refractivity contribution is 0.0505. The second kappa shape index (κ2) is 7.50. The molecular formula is C16H24N2O5. The molecule has 7 nitrogen and oxygen atoms in total. The molecule has 1 saturated carbocycles. The van der Waals surface area contributed by atoms with E-state index in [0.29, 0.717) is 29.8 Å². The molecule has 0 radical (unpaired) electrons. The highest BCUT2D eigenvalue weighted by Gasteiger charge is 2.23. The average molecular weight is 324 g/mol. The highest BCUT2D eigenvalue weighted by molar-refractivity contribution is 5.87. The fourth-order valence-electron chi connectivity index (χ4n) is 1.74. The van der Waals surface area contributed by atoms with Gasteiger partial charge in [0.25, 0.3) is 0 Å². The fraction of sp³-hybridized carbons (Fsp3) is 0.625. The van der Waals surface area contributed by atoms with Crippen LogP contribution in [-0.2, 0) is 9.47 Å². The van der Waals surface area contributed by atoms with E-state index in [2.05, 4.69) is 10.3 Å². The molecule has 0 aliphatic heterocycles. The van der Waals surface area contributed by atoms with Crippen LogP contribution in [0.2, 0.25) is 0 Å². The Hall–Kier alpha value is -2.02. The molecule has 23 heavy (non-hydrogen) atoms. The van der Waals surface area contributed by atoms with Crippen molar-refractivity contribution in [1.29, 1.82) is 0 Å². The van der Waals surface area contributed by atoms with Crippen molar-refractivity contribution in [2.24, 2.45) is 5.92 Å². The van der Waals surface area contributed by atoms with Gasteiger partial charge in [-0.1, -0.05) is 0 Å². The monoisotopic (exact) mass is 324 g/mol. The maximum Gasteiger partial charge on any atom is 0.412 e. The lowest BCUT2D eigenvalue weighted by atomic mass is 10.2. The molecule has 1 amide bonds. The topological polar surface area (TPSA) is 78.9 Å². The number of hydrogen-bond acceptors (Lipinski definition) is 6. The molecule has 0 saturated heterocycles. The summed E-state index contributed by atoms with van der Waals surface area (Å²) in [7, 11) is 1.52. The van der Waals surface area contributed by atoms with Crippen LogP contribution in [0.15, 0.2) is 12.3 Å². The summed E-state index contributed by atoms with van der Waals surface area (Å²) in [6.07, 6.45) is 3.31. The molecule has 1 fully saturated rings. The summed E-state index contributed by atoms with van der Waals surface area (Å²) in [6, 6.07) is 1.62. The summed E-state index contributed by atoms with van der Waals surface area (Å²) in [5.41, 5.74) is -0.159. The number of anilines is 1. The summed E-state index contributed by atoms with van der Waals surface area (Å²) in [5, 5.41) is 2.66. The van der Waals surface area contributed by atoms with E-state index in [4.69, 9.17) is 18.9 Å². The molecule has 1 N–H and O–H groups in total. The zero-order valence-electron chi connectivity index (χ0n) is 14.0. The van der Waals surface area contributed by atoms with Gasteiger partial charge in [-0.3, -0.25) is 5.32 Å². The number of pyridine rings is 1. The molecule has 1 heterocycles. The van der Waals surface area contributed by atoms with E-state index < -0.39 is 11.7 Å². The van der Waals surface area contributed by atoms with Crippen LogP contribution in [0.5, 0.6) is 11.6 Å². The van der Waals surface area contributed by atoms with Crippen molar-refractivity contribution in [2.75, 3.05) is 25.8 Å². The van der Waals surface area contributed by atoms with Gasteiger partial charge in [-0.05, 0) is 39.5 Å². The van der Waals surface area contributed by atoms with Crippen LogP contribution in [0.4, 0.5) is 10.5 Å². The number of ether oxygens (including phenoxy) is 4. The van der Waals surface area contributed by atoms with Crippen LogP contribution >= 0.6 is 0 Å². The SMILES string of the molecule is COCOc1cnc(OCC2CC2)cc1NC(=O)OC(C)(C)C. The van der Waals surface area contributed by atoms with Crippen LogP contribution in [-0.4, -0.2) is 37.2 Å². The quantitative estimate of drug-likeness (QED) is 0.776. The van der Waals surface area contributed by atoms with Gasteiger partial charge in [-0.25, -0.2) is 9.78 Å². The minimum atomic E-state index is -0.587. The Morgan fingerprint density at radius 3 is 2.70 bits per heavy atom. The number of methoxy groups -OCH3 is 1. The van der Waals surface area contributed by atoms with Crippen molar-refractivity contribution in [3.05, 3.63) is 12.3 Å². The van der Waals surface area contributed by atoms with Crippen molar-refractivity contribution in [3.8, 4) is 11.6 Å². The van der Waals surface area contributed by atoms with Gasteiger partial charge in [0.15, 0.2) is 12.5 Å². The summed E-state index contributed by atoms with van der Waals surface area (Å²) in [5.74, 6) is 1.44. The maximum atomic E-state index is 12.0. The van der Waals surface area contributed by atoms with Gasteiger partial charge in [-0.2, -0.15) is 0 Å². The Morgan fingerprint density at radius 1 is 1.35 bits per heavy atom. The third-order valence-corrected chi connectivity index (χ3v) is 2.97. The van der Waals surface area contributed by atoms with Crippen molar-refractivity contribution in [3.63, 3.8) is 0 Å². The normalized spacial score (nSPS) is 14.3. The van der Waals surface area contributed by atoms with Crippen LogP contribution < -0.4 is 14.8 Å². The van der Waals surface area contributed by atoms with Gasteiger partial charge in [0, 0.05) is 13.2 Å². The average Bonchev–Trinajstić information content (AvgIpc) is 3.26. The third kappa shape index (κ3) is 6.32. The number of amides is 1. The summed E-state index contributed by atoms with van der Waals surface area (Å²) >= 11 is 0. The maximum absolute atomic E-state index is 12.0. The molecule has 0 bridgehead atoms. The van der Waals surface area contributed by atoms with E-state index >= 15 is 0 Å². The first kappa shape index (κ1) is 17.3. The van der Waals surface area contributed by atoms with E-state index in [1.165, 1.54) is 26.1 Å². The van der Waals surface area contributed by atoms with Crippen LogP contribution in [0.25, 0.3) is 0 Å². The van der Waals surface area contributed by atoms with Crippen molar-refractivity contribution in [2.45, 2.75) is 39.2 Å². The number of carbonyl (C=O) groups excluding carboxylic acids is 1. The molecule has 1 aliphatic rings. The highest BCUT2D eigenvalue weighted by Crippen LogP contribution is 2.31.